The molecule has 6 rings (SSSR count). The molecule has 5 aliphatic rings. The van der Waals surface area contributed by atoms with Crippen molar-refractivity contribution in [3.8, 4) is 0 Å². The van der Waals surface area contributed by atoms with Crippen LogP contribution in [0.3, 0.4) is 0 Å². The van der Waals surface area contributed by atoms with E-state index in [1.165, 1.54) is 77.2 Å². The summed E-state index contributed by atoms with van der Waals surface area (Å²) in [6.07, 6.45) is 15.5. The molecular formula is C26H40N2. The molecule has 2 heteroatoms. The Kier molecular flexibility index (Phi) is 4.87. The molecule has 0 amide bonds. The van der Waals surface area contributed by atoms with Gasteiger partial charge in [0.05, 0.1) is 0 Å². The second-order valence-corrected chi connectivity index (χ2v) is 11.3. The molecule has 5 aliphatic carbocycles. The van der Waals surface area contributed by atoms with Crippen LogP contribution in [0, 0.1) is 22.7 Å². The number of nitrogens with two attached hydrogens (primary N) is 1. The molecule has 4 bridgehead atoms. The van der Waals surface area contributed by atoms with Crippen molar-refractivity contribution in [2.45, 2.75) is 89.0 Å². The Morgan fingerprint density at radius 2 is 1.64 bits per heavy atom. The van der Waals surface area contributed by atoms with Crippen LogP contribution in [0.5, 0.6) is 0 Å². The van der Waals surface area contributed by atoms with E-state index >= 15 is 0 Å². The molecule has 28 heavy (non-hydrogen) atoms. The van der Waals surface area contributed by atoms with Crippen LogP contribution < -0.4 is 11.1 Å². The van der Waals surface area contributed by atoms with E-state index in [4.69, 9.17) is 5.73 Å². The van der Waals surface area contributed by atoms with E-state index in [0.29, 0.717) is 16.2 Å². The van der Waals surface area contributed by atoms with Crippen molar-refractivity contribution in [2.75, 3.05) is 13.1 Å². The Morgan fingerprint density at radius 1 is 0.929 bits per heavy atom. The highest BCUT2D eigenvalue weighted by Crippen LogP contribution is 2.70. The topological polar surface area (TPSA) is 38.0 Å². The molecular weight excluding hydrogens is 340 g/mol. The molecule has 0 heterocycles. The van der Waals surface area contributed by atoms with Crippen molar-refractivity contribution in [1.82, 2.24) is 5.32 Å². The average molecular weight is 381 g/mol. The molecule has 2 nitrogen and oxygen atoms in total. The van der Waals surface area contributed by atoms with E-state index in [1.807, 2.05) is 0 Å². The van der Waals surface area contributed by atoms with Crippen LogP contribution >= 0.6 is 0 Å². The predicted molar refractivity (Wildman–Crippen MR) is 117 cm³/mol. The standard InChI is InChI=1S/C26H40N2/c1-2-24-12-21-13-25(16-24,19-28-23-10-8-20(15-27)9-11-23)18-26(14-21,17-24)22-6-4-3-5-7-22/h3-7,20-21,23,28H,2,8-19,27H2,1H3/t20-,21?,23-,24?,25?,26?. The van der Waals surface area contributed by atoms with Gasteiger partial charge in [-0.15, -0.1) is 0 Å². The lowest BCUT2D eigenvalue weighted by Crippen LogP contribution is -2.61. The first-order valence-electron chi connectivity index (χ1n) is 12.1. The van der Waals surface area contributed by atoms with Crippen LogP contribution in [0.2, 0.25) is 0 Å². The molecule has 5 fully saturated rings. The van der Waals surface area contributed by atoms with Gasteiger partial charge < -0.3 is 11.1 Å². The zero-order valence-electron chi connectivity index (χ0n) is 17.9. The van der Waals surface area contributed by atoms with E-state index in [9.17, 15) is 0 Å². The lowest BCUT2D eigenvalue weighted by Gasteiger charge is -2.67. The van der Waals surface area contributed by atoms with Crippen molar-refractivity contribution >= 4 is 0 Å². The lowest BCUT2D eigenvalue weighted by atomic mass is 9.38. The van der Waals surface area contributed by atoms with E-state index < -0.39 is 0 Å². The molecule has 4 atom stereocenters. The second-order valence-electron chi connectivity index (χ2n) is 11.3. The molecule has 1 aromatic carbocycles. The van der Waals surface area contributed by atoms with Crippen LogP contribution in [0.15, 0.2) is 30.3 Å². The second kappa shape index (κ2) is 7.13. The van der Waals surface area contributed by atoms with Gasteiger partial charge in [-0.2, -0.15) is 0 Å². The first-order valence-corrected chi connectivity index (χ1v) is 12.1. The Bertz CT molecular complexity index is 679. The third-order valence-electron chi connectivity index (χ3n) is 9.38. The van der Waals surface area contributed by atoms with Gasteiger partial charge in [0, 0.05) is 12.6 Å². The van der Waals surface area contributed by atoms with Crippen LogP contribution in [-0.2, 0) is 5.41 Å². The quantitative estimate of drug-likeness (QED) is 0.692. The number of benzene rings is 1. The summed E-state index contributed by atoms with van der Waals surface area (Å²) in [5, 5.41) is 4.09. The van der Waals surface area contributed by atoms with Gasteiger partial charge in [-0.1, -0.05) is 43.7 Å². The number of rotatable bonds is 6. The Morgan fingerprint density at radius 3 is 2.36 bits per heavy atom. The minimum absolute atomic E-state index is 0.454. The number of nitrogens with one attached hydrogen (secondary N) is 1. The summed E-state index contributed by atoms with van der Waals surface area (Å²) in [5.41, 5.74) is 9.14. The third-order valence-corrected chi connectivity index (χ3v) is 9.38. The maximum absolute atomic E-state index is 5.90. The first kappa shape index (κ1) is 19.1. The molecule has 154 valence electrons. The largest absolute Gasteiger partial charge is 0.330 e. The fourth-order valence-corrected chi connectivity index (χ4v) is 8.51. The van der Waals surface area contributed by atoms with E-state index in [-0.39, 0.29) is 0 Å². The summed E-state index contributed by atoms with van der Waals surface area (Å²) in [7, 11) is 0. The highest BCUT2D eigenvalue weighted by molar-refractivity contribution is 5.32. The Balaban J connectivity index is 1.36. The van der Waals surface area contributed by atoms with Gasteiger partial charge in [0.25, 0.3) is 0 Å². The first-order chi connectivity index (χ1) is 13.6. The van der Waals surface area contributed by atoms with Crippen LogP contribution in [0.25, 0.3) is 0 Å². The fraction of sp³-hybridized carbons (Fsp3) is 0.769. The van der Waals surface area contributed by atoms with Crippen molar-refractivity contribution in [3.05, 3.63) is 35.9 Å². The SMILES string of the molecule is CCC12CC3CC(CN[C@H]4CC[C@H](CN)CC4)(C1)CC(c1ccccc1)(C3)C2. The van der Waals surface area contributed by atoms with Gasteiger partial charge in [0.15, 0.2) is 0 Å². The predicted octanol–water partition coefficient (Wildman–Crippen LogP) is 5.41. The summed E-state index contributed by atoms with van der Waals surface area (Å²) in [5.74, 6) is 1.73. The summed E-state index contributed by atoms with van der Waals surface area (Å²) >= 11 is 0. The molecule has 0 radical (unpaired) electrons. The Labute approximate surface area is 172 Å². The molecule has 0 aliphatic heterocycles. The molecule has 0 aromatic heterocycles. The van der Waals surface area contributed by atoms with Crippen molar-refractivity contribution < 1.29 is 0 Å². The number of hydrogen-bond acceptors (Lipinski definition) is 2. The average Bonchev–Trinajstić information content (AvgIpc) is 2.72. The highest BCUT2D eigenvalue weighted by Gasteiger charge is 2.62. The van der Waals surface area contributed by atoms with E-state index in [2.05, 4.69) is 42.6 Å². The summed E-state index contributed by atoms with van der Waals surface area (Å²) in [4.78, 5) is 0. The Hall–Kier alpha value is -0.860. The summed E-state index contributed by atoms with van der Waals surface area (Å²) in [6, 6.07) is 12.3. The van der Waals surface area contributed by atoms with Crippen LogP contribution in [0.4, 0.5) is 0 Å². The monoisotopic (exact) mass is 380 g/mol. The van der Waals surface area contributed by atoms with Gasteiger partial charge in [0.1, 0.15) is 0 Å². The minimum Gasteiger partial charge on any atom is -0.330 e. The maximum Gasteiger partial charge on any atom is 0.00675 e. The van der Waals surface area contributed by atoms with Gasteiger partial charge in [-0.05, 0) is 104 Å². The molecule has 1 aromatic rings. The molecule has 5 saturated carbocycles. The molecule has 0 saturated heterocycles. The zero-order chi connectivity index (χ0) is 19.2. The molecule has 3 N–H and O–H groups in total. The van der Waals surface area contributed by atoms with Crippen molar-refractivity contribution in [3.63, 3.8) is 0 Å². The number of hydrogen-bond donors (Lipinski definition) is 2. The normalized spacial score (nSPS) is 44.7. The fourth-order valence-electron chi connectivity index (χ4n) is 8.51. The summed E-state index contributed by atoms with van der Waals surface area (Å²) in [6.45, 7) is 4.62. The minimum atomic E-state index is 0.454. The molecule has 0 spiro atoms. The summed E-state index contributed by atoms with van der Waals surface area (Å²) < 4.78 is 0. The van der Waals surface area contributed by atoms with Crippen molar-refractivity contribution in [1.29, 1.82) is 0 Å². The third kappa shape index (κ3) is 3.25. The van der Waals surface area contributed by atoms with E-state index in [1.54, 1.807) is 5.56 Å². The van der Waals surface area contributed by atoms with Gasteiger partial charge in [-0.3, -0.25) is 0 Å². The smallest absolute Gasteiger partial charge is 0.00675 e. The van der Waals surface area contributed by atoms with E-state index in [0.717, 1.165) is 24.4 Å². The lowest BCUT2D eigenvalue weighted by molar-refractivity contribution is -0.127. The van der Waals surface area contributed by atoms with Crippen molar-refractivity contribution in [2.24, 2.45) is 28.4 Å². The molecule has 4 unspecified atom stereocenters. The van der Waals surface area contributed by atoms with Gasteiger partial charge in [-0.25, -0.2) is 0 Å². The van der Waals surface area contributed by atoms with Gasteiger partial charge in [0.2, 0.25) is 0 Å². The zero-order valence-corrected chi connectivity index (χ0v) is 17.9. The van der Waals surface area contributed by atoms with Crippen LogP contribution in [-0.4, -0.2) is 19.1 Å². The maximum atomic E-state index is 5.90. The van der Waals surface area contributed by atoms with Crippen LogP contribution in [0.1, 0.15) is 83.1 Å². The van der Waals surface area contributed by atoms with Gasteiger partial charge >= 0.3 is 0 Å². The highest BCUT2D eigenvalue weighted by atomic mass is 14.9.